The summed E-state index contributed by atoms with van der Waals surface area (Å²) in [6.07, 6.45) is 7.21. The van der Waals surface area contributed by atoms with Gasteiger partial charge in [0.15, 0.2) is 0 Å². The molecule has 0 aromatic rings. The van der Waals surface area contributed by atoms with Gasteiger partial charge in [0.1, 0.15) is 0 Å². The van der Waals surface area contributed by atoms with E-state index in [0.29, 0.717) is 44.3 Å². The van der Waals surface area contributed by atoms with Gasteiger partial charge in [0, 0.05) is 32.0 Å². The van der Waals surface area contributed by atoms with Crippen molar-refractivity contribution >= 4 is 17.7 Å². The van der Waals surface area contributed by atoms with Crippen LogP contribution in [0.3, 0.4) is 0 Å². The molecular weight excluding hydrogens is 282 g/mol. The number of nitrogens with zero attached hydrogens (tertiary/aromatic N) is 1. The number of hydrogen-bond donors (Lipinski definition) is 2. The van der Waals surface area contributed by atoms with Gasteiger partial charge in [-0.1, -0.05) is 12.8 Å². The van der Waals surface area contributed by atoms with Gasteiger partial charge in [-0.2, -0.15) is 0 Å². The number of fused-ring (bicyclic) bond motifs is 1. The highest BCUT2D eigenvalue weighted by Gasteiger charge is 2.38. The summed E-state index contributed by atoms with van der Waals surface area (Å²) in [5.74, 6) is 0.550. The van der Waals surface area contributed by atoms with Crippen LogP contribution in [0.5, 0.6) is 0 Å². The highest BCUT2D eigenvalue weighted by molar-refractivity contribution is 6.01. The molecule has 3 aliphatic rings. The summed E-state index contributed by atoms with van der Waals surface area (Å²) in [7, 11) is 0. The summed E-state index contributed by atoms with van der Waals surface area (Å²) < 4.78 is 0. The zero-order valence-corrected chi connectivity index (χ0v) is 13.0. The standard InChI is InChI=1S/C16H25N3O3/c20-14-6-7-15(21)19(14)9-3-8-17-16(22)13-10-11-4-1-2-5-12(11)18-13/h11-13,18H,1-10H2,(H,17,22). The van der Waals surface area contributed by atoms with Gasteiger partial charge in [-0.3, -0.25) is 19.3 Å². The number of carbonyl (C=O) groups excluding carboxylic acids is 3. The van der Waals surface area contributed by atoms with Crippen LogP contribution in [0.2, 0.25) is 0 Å². The van der Waals surface area contributed by atoms with E-state index in [4.69, 9.17) is 0 Å². The Morgan fingerprint density at radius 2 is 1.91 bits per heavy atom. The second-order valence-corrected chi connectivity index (χ2v) is 6.69. The van der Waals surface area contributed by atoms with E-state index < -0.39 is 0 Å². The van der Waals surface area contributed by atoms with E-state index in [1.54, 1.807) is 0 Å². The van der Waals surface area contributed by atoms with Crippen molar-refractivity contribution in [2.75, 3.05) is 13.1 Å². The number of rotatable bonds is 5. The SMILES string of the molecule is O=C(NCCCN1C(=O)CCC1=O)C1CC2CCCCC2N1. The molecule has 0 bridgehead atoms. The largest absolute Gasteiger partial charge is 0.355 e. The van der Waals surface area contributed by atoms with Crippen LogP contribution in [0, 0.1) is 5.92 Å². The van der Waals surface area contributed by atoms with E-state index in [1.165, 1.54) is 30.6 Å². The molecule has 2 heterocycles. The van der Waals surface area contributed by atoms with Gasteiger partial charge >= 0.3 is 0 Å². The van der Waals surface area contributed by atoms with Crippen molar-refractivity contribution in [3.63, 3.8) is 0 Å². The summed E-state index contributed by atoms with van der Waals surface area (Å²) in [5, 5.41) is 6.40. The van der Waals surface area contributed by atoms with Crippen molar-refractivity contribution in [2.45, 2.75) is 63.5 Å². The Balaban J connectivity index is 1.36. The molecular formula is C16H25N3O3. The van der Waals surface area contributed by atoms with Crippen LogP contribution in [0.25, 0.3) is 0 Å². The quantitative estimate of drug-likeness (QED) is 0.575. The zero-order chi connectivity index (χ0) is 15.5. The summed E-state index contributed by atoms with van der Waals surface area (Å²) in [6.45, 7) is 0.935. The molecule has 2 aliphatic heterocycles. The molecule has 3 fully saturated rings. The monoisotopic (exact) mass is 307 g/mol. The summed E-state index contributed by atoms with van der Waals surface area (Å²) >= 11 is 0. The molecule has 0 spiro atoms. The van der Waals surface area contributed by atoms with E-state index in [-0.39, 0.29) is 23.8 Å². The number of likely N-dealkylation sites (tertiary alicyclic amines) is 1. The lowest BCUT2D eigenvalue weighted by Crippen LogP contribution is -2.44. The number of nitrogens with one attached hydrogen (secondary N) is 2. The lowest BCUT2D eigenvalue weighted by Gasteiger charge is -2.24. The Kier molecular flexibility index (Phi) is 4.76. The van der Waals surface area contributed by atoms with Crippen LogP contribution in [-0.2, 0) is 14.4 Å². The maximum Gasteiger partial charge on any atom is 0.237 e. The van der Waals surface area contributed by atoms with Crippen molar-refractivity contribution in [1.82, 2.24) is 15.5 Å². The second kappa shape index (κ2) is 6.77. The second-order valence-electron chi connectivity index (χ2n) is 6.69. The number of amides is 3. The summed E-state index contributed by atoms with van der Waals surface area (Å²) in [4.78, 5) is 36.5. The van der Waals surface area contributed by atoms with E-state index in [0.717, 1.165) is 6.42 Å². The van der Waals surface area contributed by atoms with Gasteiger partial charge in [0.2, 0.25) is 17.7 Å². The first kappa shape index (κ1) is 15.5. The molecule has 0 radical (unpaired) electrons. The van der Waals surface area contributed by atoms with Gasteiger partial charge in [-0.25, -0.2) is 0 Å². The molecule has 6 heteroatoms. The molecule has 1 aliphatic carbocycles. The molecule has 0 aromatic heterocycles. The van der Waals surface area contributed by atoms with Crippen LogP contribution in [0.1, 0.15) is 51.4 Å². The van der Waals surface area contributed by atoms with E-state index in [1.807, 2.05) is 0 Å². The third-order valence-electron chi connectivity index (χ3n) is 5.19. The average molecular weight is 307 g/mol. The molecule has 22 heavy (non-hydrogen) atoms. The van der Waals surface area contributed by atoms with Crippen LogP contribution in [-0.4, -0.2) is 47.8 Å². The molecule has 3 unspecified atom stereocenters. The highest BCUT2D eigenvalue weighted by Crippen LogP contribution is 2.33. The maximum atomic E-state index is 12.2. The first-order valence-corrected chi connectivity index (χ1v) is 8.52. The number of carbonyl (C=O) groups is 3. The Labute approximate surface area is 131 Å². The fraction of sp³-hybridized carbons (Fsp3) is 0.812. The Bertz CT molecular complexity index is 436. The summed E-state index contributed by atoms with van der Waals surface area (Å²) in [6, 6.07) is 0.451. The van der Waals surface area contributed by atoms with E-state index in [2.05, 4.69) is 10.6 Å². The third-order valence-corrected chi connectivity index (χ3v) is 5.19. The third kappa shape index (κ3) is 3.32. The first-order chi connectivity index (χ1) is 10.6. The highest BCUT2D eigenvalue weighted by atomic mass is 16.2. The van der Waals surface area contributed by atoms with Crippen LogP contribution in [0.4, 0.5) is 0 Å². The molecule has 6 nitrogen and oxygen atoms in total. The smallest absolute Gasteiger partial charge is 0.237 e. The molecule has 3 rings (SSSR count). The lowest BCUT2D eigenvalue weighted by molar-refractivity contribution is -0.138. The first-order valence-electron chi connectivity index (χ1n) is 8.52. The molecule has 122 valence electrons. The average Bonchev–Trinajstić information content (AvgIpc) is 3.08. The minimum atomic E-state index is -0.0853. The minimum absolute atomic E-state index is 0.0634. The zero-order valence-electron chi connectivity index (χ0n) is 13.0. The fourth-order valence-corrected chi connectivity index (χ4v) is 3.97. The Morgan fingerprint density at radius 3 is 2.64 bits per heavy atom. The van der Waals surface area contributed by atoms with Gasteiger partial charge in [0.25, 0.3) is 0 Å². The normalized spacial score (nSPS) is 31.5. The van der Waals surface area contributed by atoms with Gasteiger partial charge in [0.05, 0.1) is 6.04 Å². The minimum Gasteiger partial charge on any atom is -0.355 e. The van der Waals surface area contributed by atoms with Crippen LogP contribution in [0.15, 0.2) is 0 Å². The van der Waals surface area contributed by atoms with Crippen molar-refractivity contribution in [3.8, 4) is 0 Å². The van der Waals surface area contributed by atoms with Gasteiger partial charge in [-0.15, -0.1) is 0 Å². The molecule has 1 saturated carbocycles. The van der Waals surface area contributed by atoms with Crippen LogP contribution >= 0.6 is 0 Å². The van der Waals surface area contributed by atoms with Crippen LogP contribution < -0.4 is 10.6 Å². The van der Waals surface area contributed by atoms with Gasteiger partial charge in [-0.05, 0) is 31.6 Å². The van der Waals surface area contributed by atoms with Crippen molar-refractivity contribution in [2.24, 2.45) is 5.92 Å². The summed E-state index contributed by atoms with van der Waals surface area (Å²) in [5.41, 5.74) is 0. The van der Waals surface area contributed by atoms with Gasteiger partial charge < -0.3 is 10.6 Å². The Morgan fingerprint density at radius 1 is 1.18 bits per heavy atom. The van der Waals surface area contributed by atoms with Crippen molar-refractivity contribution < 1.29 is 14.4 Å². The predicted octanol–water partition coefficient (Wildman–Crippen LogP) is 0.562. The molecule has 3 amide bonds. The van der Waals surface area contributed by atoms with E-state index >= 15 is 0 Å². The maximum absolute atomic E-state index is 12.2. The van der Waals surface area contributed by atoms with Crippen molar-refractivity contribution in [3.05, 3.63) is 0 Å². The molecule has 2 saturated heterocycles. The lowest BCUT2D eigenvalue weighted by atomic mass is 9.85. The predicted molar refractivity (Wildman–Crippen MR) is 80.9 cm³/mol. The molecule has 3 atom stereocenters. The topological polar surface area (TPSA) is 78.5 Å². The number of imide groups is 1. The molecule has 0 aromatic carbocycles. The fourth-order valence-electron chi connectivity index (χ4n) is 3.97. The Hall–Kier alpha value is -1.43. The molecule has 2 N–H and O–H groups in total. The van der Waals surface area contributed by atoms with E-state index in [9.17, 15) is 14.4 Å². The van der Waals surface area contributed by atoms with Crippen molar-refractivity contribution in [1.29, 1.82) is 0 Å². The number of hydrogen-bond acceptors (Lipinski definition) is 4.